The summed E-state index contributed by atoms with van der Waals surface area (Å²) in [7, 11) is 2.71. The maximum absolute atomic E-state index is 13.6. The van der Waals surface area contributed by atoms with Crippen molar-refractivity contribution in [3.05, 3.63) is 60.2 Å². The van der Waals surface area contributed by atoms with Crippen molar-refractivity contribution in [3.63, 3.8) is 0 Å². The summed E-state index contributed by atoms with van der Waals surface area (Å²) >= 11 is 1.25. The van der Waals surface area contributed by atoms with E-state index in [0.717, 1.165) is 0 Å². The van der Waals surface area contributed by atoms with Gasteiger partial charge in [-0.3, -0.25) is 38.5 Å². The van der Waals surface area contributed by atoms with Gasteiger partial charge in [0.15, 0.2) is 0 Å². The lowest BCUT2D eigenvalue weighted by Gasteiger charge is -2.31. The highest BCUT2D eigenvalue weighted by molar-refractivity contribution is 7.99. The molecule has 0 aliphatic heterocycles. The van der Waals surface area contributed by atoms with Crippen LogP contribution in [0.3, 0.4) is 0 Å². The van der Waals surface area contributed by atoms with Gasteiger partial charge in [0, 0.05) is 37.9 Å². The highest BCUT2D eigenvalue weighted by Gasteiger charge is 2.35. The van der Waals surface area contributed by atoms with E-state index in [2.05, 4.69) is 42.0 Å². The number of carbonyl (C=O) groups excluding carboxylic acids is 9. The third kappa shape index (κ3) is 21.6. The molecule has 2 aromatic rings. The molecule has 382 valence electrons. The van der Waals surface area contributed by atoms with Gasteiger partial charge >= 0.3 is 18.1 Å². The van der Waals surface area contributed by atoms with E-state index < -0.39 is 71.1 Å². The number of hydrogen-bond acceptors (Lipinski definition) is 12. The lowest BCUT2D eigenvalue weighted by Crippen LogP contribution is -2.56. The zero-order valence-corrected chi connectivity index (χ0v) is 42.1. The summed E-state index contributed by atoms with van der Waals surface area (Å²) in [6.45, 7) is 11.0. The third-order valence-electron chi connectivity index (χ3n) is 10.9. The predicted molar refractivity (Wildman–Crippen MR) is 264 cm³/mol. The molecule has 0 aliphatic rings. The molecule has 9 amide bonds. The van der Waals surface area contributed by atoms with Crippen LogP contribution in [0, 0.1) is 17.8 Å². The monoisotopic (exact) mass is 984 g/mol. The molecule has 0 aliphatic carbocycles. The van der Waals surface area contributed by atoms with Crippen LogP contribution in [0.5, 0.6) is 0 Å². The molecule has 21 heteroatoms. The smallest absolute Gasteiger partial charge is 0.410 e. The van der Waals surface area contributed by atoms with E-state index in [1.807, 2.05) is 19.9 Å². The molecule has 0 bridgehead atoms. The Kier molecular flexibility index (Phi) is 26.3. The van der Waals surface area contributed by atoms with Gasteiger partial charge in [-0.25, -0.2) is 9.59 Å². The summed E-state index contributed by atoms with van der Waals surface area (Å²) in [4.78, 5) is 117. The molecule has 0 aromatic heterocycles. The number of likely N-dealkylation sites (N-methyl/N-ethyl adjacent to an activating group) is 1. The molecule has 9 N–H and O–H groups in total. The fourth-order valence-corrected chi connectivity index (χ4v) is 7.57. The minimum Gasteiger partial charge on any atom is -0.469 e. The van der Waals surface area contributed by atoms with Gasteiger partial charge < -0.3 is 52.4 Å². The Morgan fingerprint density at radius 3 is 1.83 bits per heavy atom. The molecule has 2 aromatic carbocycles. The lowest BCUT2D eigenvalue weighted by atomic mass is 9.99. The normalized spacial score (nSPS) is 13.2. The number of thioether (sulfide) groups is 1. The standard InChI is InChI=1S/C48H73N9O11S/c1-29(2)39(55-37(58)20-14-11-15-25-50-43(61)36(69-9)27-38(59)67-8)45(63)54-35(19-16-26-51-47(49)65)42(60)52-34-23-21-32(22-24-34)28-68-48(66)57(7)41(31(5)6)46(64)56-40(30(3)4)44(62)53-33-17-12-10-13-18-33/h10,12-13,17-18,21-24,29-31,35-36,39-41H,11,14-16,19-20,25-28H2,1-9H3,(H,50,61)(H,52,60)(H,53,62)(H,54,63)(H,55,58)(H,56,64)(H3,49,51,65)/t35-,36?,39-,40-,41-/m0/s1. The van der Waals surface area contributed by atoms with E-state index in [-0.39, 0.29) is 68.4 Å². The first kappa shape index (κ1) is 58.7. The summed E-state index contributed by atoms with van der Waals surface area (Å²) in [6.07, 6.45) is 3.17. The van der Waals surface area contributed by atoms with Gasteiger partial charge in [-0.15, -0.1) is 0 Å². The first-order valence-corrected chi connectivity index (χ1v) is 24.4. The number of anilines is 2. The Bertz CT molecular complexity index is 2000. The van der Waals surface area contributed by atoms with Gasteiger partial charge in [-0.1, -0.05) is 78.3 Å². The average molecular weight is 984 g/mol. The number of nitrogens with one attached hydrogen (secondary N) is 7. The molecule has 0 heterocycles. The van der Waals surface area contributed by atoms with Crippen LogP contribution < -0.4 is 43.0 Å². The molecule has 0 fully saturated rings. The Hall–Kier alpha value is -6.38. The van der Waals surface area contributed by atoms with Gasteiger partial charge in [0.05, 0.1) is 18.8 Å². The molecular formula is C48H73N9O11S. The van der Waals surface area contributed by atoms with Crippen molar-refractivity contribution in [2.24, 2.45) is 23.5 Å². The molecule has 0 saturated heterocycles. The molecule has 0 saturated carbocycles. The van der Waals surface area contributed by atoms with E-state index in [4.69, 9.17) is 10.5 Å². The number of nitrogens with two attached hydrogens (primary N) is 1. The predicted octanol–water partition coefficient (Wildman–Crippen LogP) is 4.04. The molecule has 0 radical (unpaired) electrons. The maximum Gasteiger partial charge on any atom is 0.410 e. The Labute approximate surface area is 409 Å². The topological polar surface area (TPSA) is 286 Å². The van der Waals surface area contributed by atoms with E-state index in [1.54, 1.807) is 82.5 Å². The molecule has 0 spiro atoms. The number of esters is 1. The first-order valence-electron chi connectivity index (χ1n) is 23.1. The largest absolute Gasteiger partial charge is 0.469 e. The zero-order chi connectivity index (χ0) is 51.6. The number of methoxy groups -OCH3 is 1. The van der Waals surface area contributed by atoms with Crippen molar-refractivity contribution in [1.29, 1.82) is 0 Å². The number of amides is 9. The second kappa shape index (κ2) is 30.9. The Balaban J connectivity index is 2.00. The van der Waals surface area contributed by atoms with Crippen LogP contribution in [0.4, 0.5) is 21.0 Å². The number of primary amides is 1. The molecule has 69 heavy (non-hydrogen) atoms. The number of nitrogens with zero attached hydrogens (tertiary/aromatic N) is 1. The second-order valence-corrected chi connectivity index (χ2v) is 18.6. The Morgan fingerprint density at radius 2 is 1.25 bits per heavy atom. The molecular weight excluding hydrogens is 911 g/mol. The van der Waals surface area contributed by atoms with Gasteiger partial charge in [0.25, 0.3) is 0 Å². The van der Waals surface area contributed by atoms with Crippen molar-refractivity contribution in [2.75, 3.05) is 44.1 Å². The van der Waals surface area contributed by atoms with Crippen LogP contribution in [-0.4, -0.2) is 121 Å². The van der Waals surface area contributed by atoms with Gasteiger partial charge in [0.1, 0.15) is 30.8 Å². The second-order valence-electron chi connectivity index (χ2n) is 17.5. The van der Waals surface area contributed by atoms with Crippen LogP contribution in [0.15, 0.2) is 54.6 Å². The third-order valence-corrected chi connectivity index (χ3v) is 11.8. The number of para-hydroxylation sites is 1. The fraction of sp³-hybridized carbons (Fsp3) is 0.562. The summed E-state index contributed by atoms with van der Waals surface area (Å²) < 4.78 is 10.2. The van der Waals surface area contributed by atoms with Crippen LogP contribution >= 0.6 is 11.8 Å². The summed E-state index contributed by atoms with van der Waals surface area (Å²) in [5.74, 6) is -4.08. The molecule has 2 rings (SSSR count). The van der Waals surface area contributed by atoms with Crippen molar-refractivity contribution >= 4 is 76.7 Å². The number of ether oxygens (including phenoxy) is 2. The number of unbranched alkanes of at least 4 members (excludes halogenated alkanes) is 2. The number of urea groups is 1. The number of benzene rings is 2. The number of carbonyl (C=O) groups is 9. The summed E-state index contributed by atoms with van der Waals surface area (Å²) in [5.41, 5.74) is 6.72. The van der Waals surface area contributed by atoms with Crippen molar-refractivity contribution in [2.45, 2.75) is 123 Å². The first-order chi connectivity index (χ1) is 32.7. The number of hydrogen-bond donors (Lipinski definition) is 8. The van der Waals surface area contributed by atoms with Crippen LogP contribution in [0.25, 0.3) is 0 Å². The van der Waals surface area contributed by atoms with Crippen molar-refractivity contribution in [1.82, 2.24) is 31.5 Å². The summed E-state index contributed by atoms with van der Waals surface area (Å²) in [5, 5.41) is 18.6. The zero-order valence-electron chi connectivity index (χ0n) is 41.3. The van der Waals surface area contributed by atoms with Crippen LogP contribution in [0.2, 0.25) is 0 Å². The van der Waals surface area contributed by atoms with Crippen LogP contribution in [-0.2, 0) is 49.6 Å². The summed E-state index contributed by atoms with van der Waals surface area (Å²) in [6, 6.07) is 10.7. The van der Waals surface area contributed by atoms with E-state index >= 15 is 0 Å². The molecule has 20 nitrogen and oxygen atoms in total. The van der Waals surface area contributed by atoms with Gasteiger partial charge in [0.2, 0.25) is 35.4 Å². The average Bonchev–Trinajstić information content (AvgIpc) is 3.30. The van der Waals surface area contributed by atoms with Crippen molar-refractivity contribution in [3.8, 4) is 0 Å². The van der Waals surface area contributed by atoms with E-state index in [9.17, 15) is 43.2 Å². The maximum atomic E-state index is 13.6. The van der Waals surface area contributed by atoms with E-state index in [1.165, 1.54) is 30.8 Å². The van der Waals surface area contributed by atoms with Gasteiger partial charge in [-0.05, 0) is 79.5 Å². The van der Waals surface area contributed by atoms with E-state index in [0.29, 0.717) is 42.7 Å². The minimum absolute atomic E-state index is 0.0337. The quantitative estimate of drug-likeness (QED) is 0.0424. The lowest BCUT2D eigenvalue weighted by molar-refractivity contribution is -0.141. The highest BCUT2D eigenvalue weighted by atomic mass is 32.2. The number of rotatable bonds is 29. The molecule has 5 atom stereocenters. The Morgan fingerprint density at radius 1 is 0.652 bits per heavy atom. The fourth-order valence-electron chi connectivity index (χ4n) is 6.97. The minimum atomic E-state index is -1.07. The highest BCUT2D eigenvalue weighted by Crippen LogP contribution is 2.18. The SMILES string of the molecule is COC(=O)CC(SC)C(=O)NCCCCCC(=O)N[C@H](C(=O)N[C@@H](CCCNC(N)=O)C(=O)Nc1ccc(COC(=O)N(C)[C@H](C(=O)N[C@H](C(=O)Nc2ccccc2)C(C)C)C(C)C)cc1)C(C)C. The van der Waals surface area contributed by atoms with Crippen molar-refractivity contribution < 1.29 is 52.6 Å². The molecule has 1 unspecified atom stereocenters. The van der Waals surface area contributed by atoms with Gasteiger partial charge in [-0.2, -0.15) is 11.8 Å². The van der Waals surface area contributed by atoms with Crippen LogP contribution in [0.1, 0.15) is 92.1 Å².